The molecule has 0 aromatic carbocycles. The molecule has 4 rings (SSSR count). The predicted octanol–water partition coefficient (Wildman–Crippen LogP) is 2.44. The molecular weight excluding hydrogens is 340 g/mol. The average molecular weight is 358 g/mol. The standard InChI is InChI=1S/C17H18N4O3S/c1-11-9-14(25-10-11)16(22)18-6-7-20-17(23)21(12-4-5-12)15(19-20)13-3-2-8-24-13/h2-3,8-10,12H,4-7H2,1H3,(H,18,22). The zero-order valence-corrected chi connectivity index (χ0v) is 14.6. The van der Waals surface area contributed by atoms with E-state index in [9.17, 15) is 9.59 Å². The van der Waals surface area contributed by atoms with Crippen LogP contribution in [0.25, 0.3) is 11.6 Å². The Morgan fingerprint density at radius 1 is 1.48 bits per heavy atom. The van der Waals surface area contributed by atoms with Crippen molar-refractivity contribution in [3.05, 3.63) is 50.8 Å². The number of amides is 1. The normalized spacial score (nSPS) is 14.0. The molecule has 0 bridgehead atoms. The minimum absolute atomic E-state index is 0.126. The SMILES string of the molecule is Cc1csc(C(=O)NCCn2nc(-c3ccco3)n(C3CC3)c2=O)c1. The zero-order valence-electron chi connectivity index (χ0n) is 13.8. The fraction of sp³-hybridized carbons (Fsp3) is 0.353. The number of thiophene rings is 1. The van der Waals surface area contributed by atoms with Gasteiger partial charge in [0, 0.05) is 12.6 Å². The quantitative estimate of drug-likeness (QED) is 0.734. The molecule has 1 N–H and O–H groups in total. The molecule has 3 aromatic heterocycles. The molecule has 1 fully saturated rings. The van der Waals surface area contributed by atoms with Crippen molar-refractivity contribution in [2.24, 2.45) is 0 Å². The number of furan rings is 1. The Hall–Kier alpha value is -2.61. The highest BCUT2D eigenvalue weighted by Crippen LogP contribution is 2.36. The average Bonchev–Trinajstić information content (AvgIpc) is 3.00. The van der Waals surface area contributed by atoms with Gasteiger partial charge in [-0.05, 0) is 48.9 Å². The first kappa shape index (κ1) is 15.9. The second kappa shape index (κ2) is 6.36. The molecule has 130 valence electrons. The minimum atomic E-state index is -0.157. The summed E-state index contributed by atoms with van der Waals surface area (Å²) in [6.45, 7) is 2.62. The second-order valence-electron chi connectivity index (χ2n) is 6.15. The number of carbonyl (C=O) groups is 1. The molecule has 1 aliphatic carbocycles. The molecule has 0 unspecified atom stereocenters. The number of carbonyl (C=O) groups excluding carboxylic acids is 1. The molecule has 0 radical (unpaired) electrons. The number of hydrogen-bond acceptors (Lipinski definition) is 5. The maximum atomic E-state index is 12.6. The topological polar surface area (TPSA) is 82.1 Å². The van der Waals surface area contributed by atoms with Gasteiger partial charge >= 0.3 is 5.69 Å². The molecule has 8 heteroatoms. The van der Waals surface area contributed by atoms with Crippen LogP contribution in [0.3, 0.4) is 0 Å². The molecule has 0 spiro atoms. The van der Waals surface area contributed by atoms with Crippen LogP contribution in [0, 0.1) is 6.92 Å². The number of nitrogens with zero attached hydrogens (tertiary/aromatic N) is 3. The summed E-state index contributed by atoms with van der Waals surface area (Å²) in [7, 11) is 0. The van der Waals surface area contributed by atoms with Crippen molar-refractivity contribution in [1.82, 2.24) is 19.7 Å². The lowest BCUT2D eigenvalue weighted by atomic mass is 10.3. The lowest BCUT2D eigenvalue weighted by Gasteiger charge is -2.02. The minimum Gasteiger partial charge on any atom is -0.461 e. The number of nitrogens with one attached hydrogen (secondary N) is 1. The summed E-state index contributed by atoms with van der Waals surface area (Å²) < 4.78 is 8.50. The monoisotopic (exact) mass is 358 g/mol. The first-order valence-corrected chi connectivity index (χ1v) is 9.08. The Kier molecular flexibility index (Phi) is 4.04. The molecule has 1 saturated carbocycles. The van der Waals surface area contributed by atoms with Crippen LogP contribution in [0.4, 0.5) is 0 Å². The fourth-order valence-electron chi connectivity index (χ4n) is 2.71. The van der Waals surface area contributed by atoms with Crippen molar-refractivity contribution in [3.63, 3.8) is 0 Å². The van der Waals surface area contributed by atoms with Crippen LogP contribution in [0.1, 0.15) is 34.1 Å². The summed E-state index contributed by atoms with van der Waals surface area (Å²) in [5, 5.41) is 9.18. The van der Waals surface area contributed by atoms with Crippen molar-refractivity contribution in [2.75, 3.05) is 6.54 Å². The van der Waals surface area contributed by atoms with Gasteiger partial charge < -0.3 is 9.73 Å². The van der Waals surface area contributed by atoms with Crippen molar-refractivity contribution in [1.29, 1.82) is 0 Å². The Bertz CT molecular complexity index is 947. The number of hydrogen-bond donors (Lipinski definition) is 1. The van der Waals surface area contributed by atoms with E-state index in [0.717, 1.165) is 18.4 Å². The van der Waals surface area contributed by atoms with Crippen LogP contribution in [0.15, 0.2) is 39.1 Å². The predicted molar refractivity (Wildman–Crippen MR) is 93.8 cm³/mol. The first-order chi connectivity index (χ1) is 12.1. The molecule has 0 aliphatic heterocycles. The third-order valence-corrected chi connectivity index (χ3v) is 5.13. The largest absolute Gasteiger partial charge is 0.461 e. The van der Waals surface area contributed by atoms with E-state index in [2.05, 4.69) is 10.4 Å². The Morgan fingerprint density at radius 3 is 2.96 bits per heavy atom. The Labute approximate surface area is 147 Å². The maximum Gasteiger partial charge on any atom is 0.346 e. The third-order valence-electron chi connectivity index (χ3n) is 4.09. The van der Waals surface area contributed by atoms with E-state index < -0.39 is 0 Å². The van der Waals surface area contributed by atoms with Crippen LogP contribution in [0.2, 0.25) is 0 Å². The number of rotatable bonds is 6. The summed E-state index contributed by atoms with van der Waals surface area (Å²) in [6.07, 6.45) is 3.53. The highest BCUT2D eigenvalue weighted by molar-refractivity contribution is 7.12. The third kappa shape index (κ3) is 3.17. The molecule has 3 aromatic rings. The summed E-state index contributed by atoms with van der Waals surface area (Å²) >= 11 is 1.41. The number of aryl methyl sites for hydroxylation is 1. The smallest absolute Gasteiger partial charge is 0.346 e. The van der Waals surface area contributed by atoms with Crippen molar-refractivity contribution < 1.29 is 9.21 Å². The Balaban J connectivity index is 1.48. The lowest BCUT2D eigenvalue weighted by Crippen LogP contribution is -2.31. The zero-order chi connectivity index (χ0) is 17.4. The number of aromatic nitrogens is 3. The van der Waals surface area contributed by atoms with Gasteiger partial charge in [0.05, 0.1) is 17.7 Å². The van der Waals surface area contributed by atoms with Gasteiger partial charge in [0.1, 0.15) is 0 Å². The molecular formula is C17H18N4O3S. The molecule has 0 saturated heterocycles. The van der Waals surface area contributed by atoms with Gasteiger partial charge in [-0.1, -0.05) is 0 Å². The van der Waals surface area contributed by atoms with E-state index >= 15 is 0 Å². The second-order valence-corrected chi connectivity index (χ2v) is 7.06. The summed E-state index contributed by atoms with van der Waals surface area (Å²) in [4.78, 5) is 25.4. The van der Waals surface area contributed by atoms with Gasteiger partial charge in [-0.3, -0.25) is 9.36 Å². The summed E-state index contributed by atoms with van der Waals surface area (Å²) in [6, 6.07) is 5.62. The van der Waals surface area contributed by atoms with E-state index in [1.54, 1.807) is 23.0 Å². The van der Waals surface area contributed by atoms with Gasteiger partial charge in [-0.25, -0.2) is 9.48 Å². The van der Waals surface area contributed by atoms with E-state index in [1.807, 2.05) is 18.4 Å². The first-order valence-electron chi connectivity index (χ1n) is 8.20. The van der Waals surface area contributed by atoms with Crippen molar-refractivity contribution in [3.8, 4) is 11.6 Å². The van der Waals surface area contributed by atoms with E-state index in [-0.39, 0.29) is 17.6 Å². The molecule has 1 aliphatic rings. The Morgan fingerprint density at radius 2 is 2.32 bits per heavy atom. The van der Waals surface area contributed by atoms with Crippen LogP contribution in [-0.4, -0.2) is 26.8 Å². The van der Waals surface area contributed by atoms with Gasteiger partial charge in [-0.2, -0.15) is 0 Å². The summed E-state index contributed by atoms with van der Waals surface area (Å²) in [5.41, 5.74) is 0.910. The molecule has 1 amide bonds. The van der Waals surface area contributed by atoms with Gasteiger partial charge in [0.15, 0.2) is 5.76 Å². The fourth-order valence-corrected chi connectivity index (χ4v) is 3.53. The van der Waals surface area contributed by atoms with Crippen LogP contribution < -0.4 is 11.0 Å². The van der Waals surface area contributed by atoms with E-state index in [1.165, 1.54) is 16.0 Å². The lowest BCUT2D eigenvalue weighted by molar-refractivity contribution is 0.0955. The van der Waals surface area contributed by atoms with Crippen LogP contribution >= 0.6 is 11.3 Å². The summed E-state index contributed by atoms with van der Waals surface area (Å²) in [5.74, 6) is 1.01. The van der Waals surface area contributed by atoms with Gasteiger partial charge in [0.2, 0.25) is 5.82 Å². The van der Waals surface area contributed by atoms with Crippen LogP contribution in [0.5, 0.6) is 0 Å². The highest BCUT2D eigenvalue weighted by Gasteiger charge is 2.31. The van der Waals surface area contributed by atoms with Crippen molar-refractivity contribution >= 4 is 17.2 Å². The highest BCUT2D eigenvalue weighted by atomic mass is 32.1. The molecule has 7 nitrogen and oxygen atoms in total. The van der Waals surface area contributed by atoms with E-state index in [0.29, 0.717) is 29.6 Å². The maximum absolute atomic E-state index is 12.6. The van der Waals surface area contributed by atoms with E-state index in [4.69, 9.17) is 4.42 Å². The van der Waals surface area contributed by atoms with Gasteiger partial charge in [0.25, 0.3) is 5.91 Å². The molecule has 3 heterocycles. The molecule has 0 atom stereocenters. The van der Waals surface area contributed by atoms with Crippen LogP contribution in [-0.2, 0) is 6.54 Å². The van der Waals surface area contributed by atoms with Crippen molar-refractivity contribution in [2.45, 2.75) is 32.4 Å². The molecule has 25 heavy (non-hydrogen) atoms. The van der Waals surface area contributed by atoms with Gasteiger partial charge in [-0.15, -0.1) is 16.4 Å².